The molecule has 0 radical (unpaired) electrons. The quantitative estimate of drug-likeness (QED) is 0.674. The van der Waals surface area contributed by atoms with Crippen molar-refractivity contribution in [1.82, 2.24) is 15.5 Å². The molecule has 0 unspecified atom stereocenters. The van der Waals surface area contributed by atoms with Crippen molar-refractivity contribution in [1.29, 1.82) is 0 Å². The van der Waals surface area contributed by atoms with Crippen LogP contribution in [0.2, 0.25) is 0 Å². The number of carbonyl (C=O) groups excluding carboxylic acids is 2. The van der Waals surface area contributed by atoms with E-state index in [0.717, 1.165) is 30.8 Å². The maximum atomic E-state index is 12.4. The van der Waals surface area contributed by atoms with Crippen LogP contribution in [0.5, 0.6) is 0 Å². The van der Waals surface area contributed by atoms with Gasteiger partial charge in [0.2, 0.25) is 0 Å². The molecule has 0 aromatic heterocycles. The molecular weight excluding hydrogens is 388 g/mol. The van der Waals surface area contributed by atoms with E-state index in [9.17, 15) is 9.59 Å². The fourth-order valence-electron chi connectivity index (χ4n) is 3.88. The number of hydrogen-bond donors (Lipinski definition) is 2. The van der Waals surface area contributed by atoms with E-state index >= 15 is 0 Å². The molecule has 6 nitrogen and oxygen atoms in total. The van der Waals surface area contributed by atoms with Crippen LogP contribution in [-0.2, 0) is 22.6 Å². The zero-order valence-electron chi connectivity index (χ0n) is 19.0. The molecule has 0 fully saturated rings. The number of benzene rings is 2. The standard InChI is InChI=1S/C25H34N4O2/c1-18(2)15-26-24(30)25(31)27-16-23(20-9-11-22(12-10-20)28(3)4)29-14-13-19-7-5-6-8-21(19)17-29/h5-12,18,23H,13-17H2,1-4H3,(H,26,30)(H,27,31)/t23-/m1/s1. The molecule has 6 heteroatoms. The fourth-order valence-corrected chi connectivity index (χ4v) is 3.88. The Bertz CT molecular complexity index is 893. The SMILES string of the molecule is CC(C)CNC(=O)C(=O)NC[C@H](c1ccc(N(C)C)cc1)N1CCc2ccccc2C1. The summed E-state index contributed by atoms with van der Waals surface area (Å²) in [6.45, 7) is 6.61. The number of nitrogens with one attached hydrogen (secondary N) is 2. The first-order chi connectivity index (χ1) is 14.8. The maximum Gasteiger partial charge on any atom is 0.309 e. The van der Waals surface area contributed by atoms with Crippen LogP contribution in [0.1, 0.15) is 36.6 Å². The summed E-state index contributed by atoms with van der Waals surface area (Å²) >= 11 is 0. The predicted octanol–water partition coefficient (Wildman–Crippen LogP) is 2.74. The molecule has 2 amide bonds. The summed E-state index contributed by atoms with van der Waals surface area (Å²) in [5.41, 5.74) is 4.97. The Morgan fingerprint density at radius 2 is 1.55 bits per heavy atom. The summed E-state index contributed by atoms with van der Waals surface area (Å²) < 4.78 is 0. The van der Waals surface area contributed by atoms with Crippen molar-refractivity contribution >= 4 is 17.5 Å². The summed E-state index contributed by atoms with van der Waals surface area (Å²) in [4.78, 5) is 28.9. The van der Waals surface area contributed by atoms with Crippen molar-refractivity contribution in [2.24, 2.45) is 5.92 Å². The van der Waals surface area contributed by atoms with Crippen molar-refractivity contribution in [2.75, 3.05) is 38.6 Å². The lowest BCUT2D eigenvalue weighted by atomic mass is 9.96. The van der Waals surface area contributed by atoms with E-state index in [1.54, 1.807) is 0 Å². The van der Waals surface area contributed by atoms with Crippen molar-refractivity contribution in [3.8, 4) is 0 Å². The van der Waals surface area contributed by atoms with E-state index in [-0.39, 0.29) is 6.04 Å². The first kappa shape index (κ1) is 22.8. The highest BCUT2D eigenvalue weighted by Crippen LogP contribution is 2.28. The average Bonchev–Trinajstić information content (AvgIpc) is 2.77. The van der Waals surface area contributed by atoms with Gasteiger partial charge in [0.05, 0.1) is 6.04 Å². The molecule has 1 aliphatic heterocycles. The Balaban J connectivity index is 1.75. The third-order valence-electron chi connectivity index (χ3n) is 5.73. The zero-order chi connectivity index (χ0) is 22.4. The first-order valence-corrected chi connectivity index (χ1v) is 11.0. The van der Waals surface area contributed by atoms with E-state index in [2.05, 4.69) is 69.0 Å². The van der Waals surface area contributed by atoms with Gasteiger partial charge in [-0.3, -0.25) is 14.5 Å². The molecule has 0 bridgehead atoms. The van der Waals surface area contributed by atoms with Crippen molar-refractivity contribution in [3.63, 3.8) is 0 Å². The van der Waals surface area contributed by atoms with E-state index in [1.807, 2.05) is 27.9 Å². The summed E-state index contributed by atoms with van der Waals surface area (Å²) in [6, 6.07) is 16.9. The Morgan fingerprint density at radius 1 is 0.935 bits per heavy atom. The lowest BCUT2D eigenvalue weighted by Gasteiger charge is -2.36. The molecule has 1 heterocycles. The second-order valence-corrected chi connectivity index (χ2v) is 8.80. The summed E-state index contributed by atoms with van der Waals surface area (Å²) in [7, 11) is 4.04. The van der Waals surface area contributed by atoms with Gasteiger partial charge in [0.1, 0.15) is 0 Å². The van der Waals surface area contributed by atoms with Crippen LogP contribution in [0.3, 0.4) is 0 Å². The Morgan fingerprint density at radius 3 is 2.16 bits per heavy atom. The Hall–Kier alpha value is -2.86. The molecule has 0 saturated carbocycles. The number of anilines is 1. The van der Waals surface area contributed by atoms with Gasteiger partial charge < -0.3 is 15.5 Å². The molecule has 0 saturated heterocycles. The lowest BCUT2D eigenvalue weighted by molar-refractivity contribution is -0.139. The third-order valence-corrected chi connectivity index (χ3v) is 5.73. The largest absolute Gasteiger partial charge is 0.378 e. The van der Waals surface area contributed by atoms with Crippen LogP contribution in [-0.4, -0.2) is 50.4 Å². The van der Waals surface area contributed by atoms with Gasteiger partial charge in [-0.15, -0.1) is 0 Å². The summed E-state index contributed by atoms with van der Waals surface area (Å²) in [5, 5.41) is 5.55. The van der Waals surface area contributed by atoms with Crippen molar-refractivity contribution in [3.05, 3.63) is 65.2 Å². The molecule has 2 N–H and O–H groups in total. The highest BCUT2D eigenvalue weighted by Gasteiger charge is 2.26. The zero-order valence-corrected chi connectivity index (χ0v) is 19.0. The molecule has 1 atom stereocenters. The van der Waals surface area contributed by atoms with Gasteiger partial charge in [0.15, 0.2) is 0 Å². The molecule has 2 aromatic carbocycles. The first-order valence-electron chi connectivity index (χ1n) is 11.0. The number of rotatable bonds is 7. The van der Waals surface area contributed by atoms with E-state index < -0.39 is 11.8 Å². The van der Waals surface area contributed by atoms with Gasteiger partial charge in [-0.1, -0.05) is 50.2 Å². The average molecular weight is 423 g/mol. The highest BCUT2D eigenvalue weighted by molar-refractivity contribution is 6.35. The second-order valence-electron chi connectivity index (χ2n) is 8.80. The topological polar surface area (TPSA) is 64.7 Å². The Kier molecular flexibility index (Phi) is 7.69. The van der Waals surface area contributed by atoms with Crippen LogP contribution < -0.4 is 15.5 Å². The van der Waals surface area contributed by atoms with Crippen LogP contribution >= 0.6 is 0 Å². The minimum atomic E-state index is -0.576. The third kappa shape index (κ3) is 6.07. The maximum absolute atomic E-state index is 12.4. The van der Waals surface area contributed by atoms with Gasteiger partial charge >= 0.3 is 11.8 Å². The van der Waals surface area contributed by atoms with Gasteiger partial charge in [-0.05, 0) is 41.2 Å². The molecule has 3 rings (SSSR count). The predicted molar refractivity (Wildman–Crippen MR) is 125 cm³/mol. The minimum Gasteiger partial charge on any atom is -0.378 e. The van der Waals surface area contributed by atoms with Gasteiger partial charge in [0, 0.05) is 46.0 Å². The monoisotopic (exact) mass is 422 g/mol. The minimum absolute atomic E-state index is 0.00795. The molecule has 0 spiro atoms. The molecule has 1 aliphatic rings. The van der Waals surface area contributed by atoms with Crippen LogP contribution in [0.4, 0.5) is 5.69 Å². The number of amides is 2. The number of carbonyl (C=O) groups is 2. The molecule has 166 valence electrons. The summed E-state index contributed by atoms with van der Waals surface area (Å²) in [6.07, 6.45) is 0.977. The molecule has 31 heavy (non-hydrogen) atoms. The van der Waals surface area contributed by atoms with Crippen molar-refractivity contribution in [2.45, 2.75) is 32.9 Å². The van der Waals surface area contributed by atoms with Crippen LogP contribution in [0, 0.1) is 5.92 Å². The normalized spacial score (nSPS) is 14.6. The number of fused-ring (bicyclic) bond motifs is 1. The number of nitrogens with zero attached hydrogens (tertiary/aromatic N) is 2. The van der Waals surface area contributed by atoms with E-state index in [4.69, 9.17) is 0 Å². The van der Waals surface area contributed by atoms with Crippen molar-refractivity contribution < 1.29 is 9.59 Å². The van der Waals surface area contributed by atoms with Crippen LogP contribution in [0.25, 0.3) is 0 Å². The fraction of sp³-hybridized carbons (Fsp3) is 0.440. The Labute approximate surface area is 185 Å². The molecular formula is C25H34N4O2. The molecule has 2 aromatic rings. The van der Waals surface area contributed by atoms with E-state index in [1.165, 1.54) is 11.1 Å². The number of hydrogen-bond acceptors (Lipinski definition) is 4. The summed E-state index contributed by atoms with van der Waals surface area (Å²) in [5.74, 6) is -0.847. The smallest absolute Gasteiger partial charge is 0.309 e. The lowest BCUT2D eigenvalue weighted by Crippen LogP contribution is -2.45. The molecule has 0 aliphatic carbocycles. The van der Waals surface area contributed by atoms with Crippen LogP contribution in [0.15, 0.2) is 48.5 Å². The van der Waals surface area contributed by atoms with Gasteiger partial charge in [0.25, 0.3) is 0 Å². The van der Waals surface area contributed by atoms with E-state index in [0.29, 0.717) is 19.0 Å². The second kappa shape index (κ2) is 10.4. The highest BCUT2D eigenvalue weighted by atomic mass is 16.2. The van der Waals surface area contributed by atoms with Gasteiger partial charge in [-0.25, -0.2) is 0 Å². The van der Waals surface area contributed by atoms with Gasteiger partial charge in [-0.2, -0.15) is 0 Å².